The molecule has 1 aromatic rings. The van der Waals surface area contributed by atoms with Crippen molar-refractivity contribution < 1.29 is 13.9 Å². The van der Waals surface area contributed by atoms with Gasteiger partial charge in [-0.15, -0.1) is 0 Å². The number of amides is 1. The predicted molar refractivity (Wildman–Crippen MR) is 77.3 cm³/mol. The van der Waals surface area contributed by atoms with Gasteiger partial charge in [-0.1, -0.05) is 25.4 Å². The van der Waals surface area contributed by atoms with Gasteiger partial charge in [0.05, 0.1) is 10.6 Å². The van der Waals surface area contributed by atoms with Crippen molar-refractivity contribution in [3.63, 3.8) is 0 Å². The molecule has 4 nitrogen and oxygen atoms in total. The minimum atomic E-state index is -0.493. The molecule has 1 rings (SSSR count). The Balaban J connectivity index is 2.59. The van der Waals surface area contributed by atoms with Crippen molar-refractivity contribution in [1.82, 2.24) is 5.32 Å². The highest BCUT2D eigenvalue weighted by Crippen LogP contribution is 2.24. The summed E-state index contributed by atoms with van der Waals surface area (Å²) >= 11 is 5.81. The van der Waals surface area contributed by atoms with Gasteiger partial charge in [-0.2, -0.15) is 0 Å². The highest BCUT2D eigenvalue weighted by molar-refractivity contribution is 6.32. The molecule has 1 atom stereocenters. The van der Waals surface area contributed by atoms with Crippen LogP contribution in [-0.2, 0) is 4.79 Å². The summed E-state index contributed by atoms with van der Waals surface area (Å²) in [4.78, 5) is 11.9. The Morgan fingerprint density at radius 3 is 2.70 bits per heavy atom. The number of hydrogen-bond acceptors (Lipinski definition) is 3. The summed E-state index contributed by atoms with van der Waals surface area (Å²) in [6.07, 6.45) is 0. The largest absolute Gasteiger partial charge is 0.482 e. The van der Waals surface area contributed by atoms with Crippen LogP contribution in [0.3, 0.4) is 0 Å². The van der Waals surface area contributed by atoms with E-state index in [-0.39, 0.29) is 29.2 Å². The lowest BCUT2D eigenvalue weighted by Gasteiger charge is -2.33. The Bertz CT molecular complexity index is 482. The molecule has 6 heteroatoms. The molecule has 1 amide bonds. The third kappa shape index (κ3) is 4.35. The molecule has 0 radical (unpaired) electrons. The van der Waals surface area contributed by atoms with Crippen LogP contribution in [0.25, 0.3) is 0 Å². The quantitative estimate of drug-likeness (QED) is 0.848. The SMILES string of the molecule is CC(C)C(C)(CN)NC(=O)COc1ccc(F)cc1Cl. The van der Waals surface area contributed by atoms with Gasteiger partial charge in [-0.3, -0.25) is 4.79 Å². The van der Waals surface area contributed by atoms with Crippen LogP contribution in [0.1, 0.15) is 20.8 Å². The number of rotatable bonds is 6. The average Bonchev–Trinajstić information content (AvgIpc) is 2.37. The van der Waals surface area contributed by atoms with Crippen molar-refractivity contribution in [3.05, 3.63) is 29.0 Å². The standard InChI is InChI=1S/C14H20ClFN2O2/c1-9(2)14(3,8-17)18-13(19)7-20-12-5-4-10(16)6-11(12)15/h4-6,9H,7-8,17H2,1-3H3,(H,18,19). The van der Waals surface area contributed by atoms with Crippen LogP contribution in [0, 0.1) is 11.7 Å². The number of benzene rings is 1. The average molecular weight is 303 g/mol. The number of nitrogens with two attached hydrogens (primary N) is 1. The second-order valence-electron chi connectivity index (χ2n) is 5.19. The van der Waals surface area contributed by atoms with E-state index in [9.17, 15) is 9.18 Å². The molecule has 1 aromatic carbocycles. The first-order valence-electron chi connectivity index (χ1n) is 6.37. The van der Waals surface area contributed by atoms with E-state index in [0.717, 1.165) is 6.07 Å². The highest BCUT2D eigenvalue weighted by atomic mass is 35.5. The summed E-state index contributed by atoms with van der Waals surface area (Å²) in [5.74, 6) is -0.303. The summed E-state index contributed by atoms with van der Waals surface area (Å²) in [6.45, 7) is 5.96. The van der Waals surface area contributed by atoms with Crippen molar-refractivity contribution in [2.45, 2.75) is 26.3 Å². The van der Waals surface area contributed by atoms with Crippen LogP contribution < -0.4 is 15.8 Å². The molecule has 0 heterocycles. The van der Waals surface area contributed by atoms with E-state index in [4.69, 9.17) is 22.1 Å². The molecule has 0 aliphatic carbocycles. The first-order chi connectivity index (χ1) is 9.28. The molecule has 1 unspecified atom stereocenters. The maximum absolute atomic E-state index is 12.9. The van der Waals surface area contributed by atoms with Gasteiger partial charge in [0.25, 0.3) is 5.91 Å². The summed E-state index contributed by atoms with van der Waals surface area (Å²) in [6, 6.07) is 3.74. The van der Waals surface area contributed by atoms with Crippen molar-refractivity contribution >= 4 is 17.5 Å². The first-order valence-corrected chi connectivity index (χ1v) is 6.75. The third-order valence-electron chi connectivity index (χ3n) is 3.38. The molecular weight excluding hydrogens is 283 g/mol. The normalized spacial score (nSPS) is 13.9. The number of carbonyl (C=O) groups excluding carboxylic acids is 1. The summed E-state index contributed by atoms with van der Waals surface area (Å²) in [7, 11) is 0. The van der Waals surface area contributed by atoms with Crippen LogP contribution in [0.4, 0.5) is 4.39 Å². The van der Waals surface area contributed by atoms with Gasteiger partial charge in [0.1, 0.15) is 11.6 Å². The molecule has 0 aliphatic heterocycles. The molecule has 0 saturated heterocycles. The van der Waals surface area contributed by atoms with E-state index in [1.54, 1.807) is 0 Å². The lowest BCUT2D eigenvalue weighted by atomic mass is 9.88. The Morgan fingerprint density at radius 2 is 2.20 bits per heavy atom. The Morgan fingerprint density at radius 1 is 1.55 bits per heavy atom. The molecule has 0 aromatic heterocycles. The fraction of sp³-hybridized carbons (Fsp3) is 0.500. The van der Waals surface area contributed by atoms with Crippen LogP contribution in [0.2, 0.25) is 5.02 Å². The number of carbonyl (C=O) groups is 1. The van der Waals surface area contributed by atoms with Crippen molar-refractivity contribution in [2.24, 2.45) is 11.7 Å². The fourth-order valence-electron chi connectivity index (χ4n) is 1.52. The number of ether oxygens (including phenoxy) is 1. The maximum atomic E-state index is 12.9. The molecule has 0 bridgehead atoms. The molecular formula is C14H20ClFN2O2. The smallest absolute Gasteiger partial charge is 0.258 e. The monoisotopic (exact) mass is 302 g/mol. The number of hydrogen-bond donors (Lipinski definition) is 2. The predicted octanol–water partition coefficient (Wildman–Crippen LogP) is 2.35. The van der Waals surface area contributed by atoms with Gasteiger partial charge in [-0.25, -0.2) is 4.39 Å². The van der Waals surface area contributed by atoms with E-state index in [1.165, 1.54) is 12.1 Å². The van der Waals surface area contributed by atoms with Gasteiger partial charge >= 0.3 is 0 Å². The van der Waals surface area contributed by atoms with Gasteiger partial charge in [0, 0.05) is 6.54 Å². The summed E-state index contributed by atoms with van der Waals surface area (Å²) in [5.41, 5.74) is 5.19. The van der Waals surface area contributed by atoms with E-state index in [0.29, 0.717) is 6.54 Å². The second-order valence-corrected chi connectivity index (χ2v) is 5.60. The van der Waals surface area contributed by atoms with Crippen molar-refractivity contribution in [3.8, 4) is 5.75 Å². The Kier molecular flexibility index (Phi) is 5.77. The summed E-state index contributed by atoms with van der Waals surface area (Å²) < 4.78 is 18.1. The molecule has 0 aliphatic rings. The zero-order valence-electron chi connectivity index (χ0n) is 11.9. The molecule has 112 valence electrons. The second kappa shape index (κ2) is 6.90. The van der Waals surface area contributed by atoms with E-state index < -0.39 is 11.4 Å². The van der Waals surface area contributed by atoms with Crippen LogP contribution in [-0.4, -0.2) is 24.6 Å². The van der Waals surface area contributed by atoms with Gasteiger partial charge in [0.2, 0.25) is 0 Å². The van der Waals surface area contributed by atoms with Crippen LogP contribution in [0.15, 0.2) is 18.2 Å². The fourth-order valence-corrected chi connectivity index (χ4v) is 1.74. The topological polar surface area (TPSA) is 64.3 Å². The molecule has 0 fully saturated rings. The Hall–Kier alpha value is -1.33. The molecule has 3 N–H and O–H groups in total. The number of halogens is 2. The van der Waals surface area contributed by atoms with E-state index in [1.807, 2.05) is 20.8 Å². The van der Waals surface area contributed by atoms with Crippen molar-refractivity contribution in [1.29, 1.82) is 0 Å². The minimum absolute atomic E-state index is 0.128. The summed E-state index contributed by atoms with van der Waals surface area (Å²) in [5, 5.41) is 2.97. The van der Waals surface area contributed by atoms with Gasteiger partial charge < -0.3 is 15.8 Å². The van der Waals surface area contributed by atoms with Crippen molar-refractivity contribution in [2.75, 3.05) is 13.2 Å². The highest BCUT2D eigenvalue weighted by Gasteiger charge is 2.28. The number of nitrogens with one attached hydrogen (secondary N) is 1. The molecule has 0 saturated carbocycles. The Labute approximate surface area is 123 Å². The maximum Gasteiger partial charge on any atom is 0.258 e. The molecule has 20 heavy (non-hydrogen) atoms. The van der Waals surface area contributed by atoms with Gasteiger partial charge in [-0.05, 0) is 31.0 Å². The van der Waals surface area contributed by atoms with Crippen LogP contribution in [0.5, 0.6) is 5.75 Å². The molecule has 0 spiro atoms. The zero-order chi connectivity index (χ0) is 15.3. The third-order valence-corrected chi connectivity index (χ3v) is 3.67. The van der Waals surface area contributed by atoms with Gasteiger partial charge in [0.15, 0.2) is 6.61 Å². The van der Waals surface area contributed by atoms with E-state index >= 15 is 0 Å². The van der Waals surface area contributed by atoms with E-state index in [2.05, 4.69) is 5.32 Å². The zero-order valence-corrected chi connectivity index (χ0v) is 12.6. The van der Waals surface area contributed by atoms with Crippen LogP contribution >= 0.6 is 11.6 Å². The minimum Gasteiger partial charge on any atom is -0.482 e. The lowest BCUT2D eigenvalue weighted by molar-refractivity contribution is -0.125. The lowest BCUT2D eigenvalue weighted by Crippen LogP contribution is -2.56. The first kappa shape index (κ1) is 16.7.